The first-order valence-corrected chi connectivity index (χ1v) is 9.16. The standard InChI is InChI=1S/C19H27N3O3/c1-3-25-17-9-5-4-7-15(17)18(23)22-11-6-8-16(22)19(24)21-12-10-20-14(2)13-21/h4-5,7,9,14,16,20H,3,6,8,10-13H2,1-2H3/t14-,16?/m1/s1. The second-order valence-corrected chi connectivity index (χ2v) is 6.73. The van der Waals surface area contributed by atoms with Crippen molar-refractivity contribution in [1.29, 1.82) is 0 Å². The summed E-state index contributed by atoms with van der Waals surface area (Å²) in [6.45, 7) is 7.32. The molecule has 0 saturated carbocycles. The molecule has 25 heavy (non-hydrogen) atoms. The van der Waals surface area contributed by atoms with Crippen molar-refractivity contribution in [2.45, 2.75) is 38.8 Å². The number of para-hydroxylation sites is 1. The van der Waals surface area contributed by atoms with Gasteiger partial charge in [0.25, 0.3) is 5.91 Å². The Bertz CT molecular complexity index is 634. The lowest BCUT2D eigenvalue weighted by Crippen LogP contribution is -2.56. The van der Waals surface area contributed by atoms with Crippen LogP contribution in [0.15, 0.2) is 24.3 Å². The minimum atomic E-state index is -0.354. The van der Waals surface area contributed by atoms with E-state index in [1.165, 1.54) is 0 Å². The molecule has 3 rings (SSSR count). The average Bonchev–Trinajstić information content (AvgIpc) is 3.11. The van der Waals surface area contributed by atoms with Crippen molar-refractivity contribution in [3.05, 3.63) is 29.8 Å². The molecule has 0 spiro atoms. The number of carbonyl (C=O) groups excluding carboxylic acids is 2. The SMILES string of the molecule is CCOc1ccccc1C(=O)N1CCCC1C(=O)N1CCN[C@H](C)C1. The van der Waals surface area contributed by atoms with Gasteiger partial charge in [-0.25, -0.2) is 0 Å². The molecule has 0 aromatic heterocycles. The summed E-state index contributed by atoms with van der Waals surface area (Å²) in [5, 5.41) is 3.35. The molecule has 2 aliphatic heterocycles. The van der Waals surface area contributed by atoms with Crippen LogP contribution in [0.1, 0.15) is 37.0 Å². The van der Waals surface area contributed by atoms with Gasteiger partial charge >= 0.3 is 0 Å². The van der Waals surface area contributed by atoms with Gasteiger partial charge in [-0.3, -0.25) is 9.59 Å². The van der Waals surface area contributed by atoms with Crippen LogP contribution >= 0.6 is 0 Å². The first kappa shape index (κ1) is 17.7. The zero-order valence-corrected chi connectivity index (χ0v) is 15.0. The number of hydrogen-bond donors (Lipinski definition) is 1. The molecular weight excluding hydrogens is 318 g/mol. The fraction of sp³-hybridized carbons (Fsp3) is 0.579. The fourth-order valence-corrected chi connectivity index (χ4v) is 3.69. The third-order valence-corrected chi connectivity index (χ3v) is 4.90. The minimum Gasteiger partial charge on any atom is -0.493 e. The number of likely N-dealkylation sites (tertiary alicyclic amines) is 1. The molecule has 2 fully saturated rings. The number of amides is 2. The number of hydrogen-bond acceptors (Lipinski definition) is 4. The maximum Gasteiger partial charge on any atom is 0.258 e. The lowest BCUT2D eigenvalue weighted by atomic mass is 10.1. The Balaban J connectivity index is 1.77. The molecular formula is C19H27N3O3. The summed E-state index contributed by atoms with van der Waals surface area (Å²) in [5.41, 5.74) is 0.540. The highest BCUT2D eigenvalue weighted by Crippen LogP contribution is 2.26. The van der Waals surface area contributed by atoms with Crippen LogP contribution in [0.25, 0.3) is 0 Å². The molecule has 6 nitrogen and oxygen atoms in total. The molecule has 1 aromatic rings. The molecule has 1 unspecified atom stereocenters. The molecule has 0 aliphatic carbocycles. The third-order valence-electron chi connectivity index (χ3n) is 4.90. The summed E-state index contributed by atoms with van der Waals surface area (Å²) in [5.74, 6) is 0.556. The number of nitrogens with one attached hydrogen (secondary N) is 1. The number of nitrogens with zero attached hydrogens (tertiary/aromatic N) is 2. The van der Waals surface area contributed by atoms with Crippen molar-refractivity contribution >= 4 is 11.8 Å². The van der Waals surface area contributed by atoms with Crippen molar-refractivity contribution in [2.24, 2.45) is 0 Å². The molecule has 136 valence electrons. The van der Waals surface area contributed by atoms with Gasteiger partial charge in [0, 0.05) is 32.2 Å². The molecule has 1 N–H and O–H groups in total. The Morgan fingerprint density at radius 3 is 2.84 bits per heavy atom. The highest BCUT2D eigenvalue weighted by atomic mass is 16.5. The van der Waals surface area contributed by atoms with E-state index in [0.29, 0.717) is 43.6 Å². The molecule has 6 heteroatoms. The van der Waals surface area contributed by atoms with Crippen molar-refractivity contribution in [2.75, 3.05) is 32.8 Å². The molecule has 2 atom stereocenters. The van der Waals surface area contributed by atoms with Gasteiger partial charge in [0.1, 0.15) is 11.8 Å². The predicted molar refractivity (Wildman–Crippen MR) is 95.7 cm³/mol. The summed E-state index contributed by atoms with van der Waals surface area (Å²) >= 11 is 0. The first-order chi connectivity index (χ1) is 12.1. The van der Waals surface area contributed by atoms with E-state index in [2.05, 4.69) is 12.2 Å². The highest BCUT2D eigenvalue weighted by Gasteiger charge is 2.38. The van der Waals surface area contributed by atoms with Crippen LogP contribution in [-0.2, 0) is 4.79 Å². The van der Waals surface area contributed by atoms with Crippen LogP contribution in [0.2, 0.25) is 0 Å². The second-order valence-electron chi connectivity index (χ2n) is 6.73. The van der Waals surface area contributed by atoms with Crippen LogP contribution in [-0.4, -0.2) is 66.5 Å². The Kier molecular flexibility index (Phi) is 5.58. The van der Waals surface area contributed by atoms with Crippen LogP contribution < -0.4 is 10.1 Å². The second kappa shape index (κ2) is 7.87. The smallest absolute Gasteiger partial charge is 0.258 e. The fourth-order valence-electron chi connectivity index (χ4n) is 3.69. The quantitative estimate of drug-likeness (QED) is 0.899. The van der Waals surface area contributed by atoms with E-state index >= 15 is 0 Å². The predicted octanol–water partition coefficient (Wildman–Crippen LogP) is 1.51. The van der Waals surface area contributed by atoms with Crippen LogP contribution in [0.4, 0.5) is 0 Å². The molecule has 0 radical (unpaired) electrons. The summed E-state index contributed by atoms with van der Waals surface area (Å²) in [7, 11) is 0. The summed E-state index contributed by atoms with van der Waals surface area (Å²) in [6, 6.07) is 7.22. The van der Waals surface area contributed by atoms with E-state index in [9.17, 15) is 9.59 Å². The highest BCUT2D eigenvalue weighted by molar-refractivity contribution is 6.00. The molecule has 2 amide bonds. The Morgan fingerprint density at radius 2 is 2.08 bits per heavy atom. The number of rotatable bonds is 4. The monoisotopic (exact) mass is 345 g/mol. The van der Waals surface area contributed by atoms with E-state index in [0.717, 1.165) is 19.4 Å². The number of carbonyl (C=O) groups is 2. The van der Waals surface area contributed by atoms with Gasteiger partial charge in [-0.05, 0) is 38.8 Å². The molecule has 0 bridgehead atoms. The van der Waals surface area contributed by atoms with E-state index in [4.69, 9.17) is 4.74 Å². The van der Waals surface area contributed by atoms with Gasteiger partial charge < -0.3 is 19.9 Å². The van der Waals surface area contributed by atoms with E-state index in [1.807, 2.05) is 30.0 Å². The maximum absolute atomic E-state index is 13.1. The normalized spacial score (nSPS) is 23.6. The molecule has 1 aromatic carbocycles. The van der Waals surface area contributed by atoms with Crippen LogP contribution in [0.5, 0.6) is 5.75 Å². The van der Waals surface area contributed by atoms with Gasteiger partial charge in [0.15, 0.2) is 0 Å². The minimum absolute atomic E-state index is 0.0769. The van der Waals surface area contributed by atoms with E-state index in [1.54, 1.807) is 11.0 Å². The lowest BCUT2D eigenvalue weighted by molar-refractivity contribution is -0.136. The zero-order valence-electron chi connectivity index (χ0n) is 15.0. The van der Waals surface area contributed by atoms with Crippen molar-refractivity contribution in [3.63, 3.8) is 0 Å². The third kappa shape index (κ3) is 3.79. The van der Waals surface area contributed by atoms with Crippen molar-refractivity contribution in [3.8, 4) is 5.75 Å². The summed E-state index contributed by atoms with van der Waals surface area (Å²) in [6.07, 6.45) is 1.60. The largest absolute Gasteiger partial charge is 0.493 e. The average molecular weight is 345 g/mol. The van der Waals surface area contributed by atoms with E-state index < -0.39 is 0 Å². The summed E-state index contributed by atoms with van der Waals surface area (Å²) in [4.78, 5) is 29.7. The Labute approximate surface area is 149 Å². The van der Waals surface area contributed by atoms with Crippen molar-refractivity contribution in [1.82, 2.24) is 15.1 Å². The van der Waals surface area contributed by atoms with Crippen molar-refractivity contribution < 1.29 is 14.3 Å². The number of piperazine rings is 1. The summed E-state index contributed by atoms with van der Waals surface area (Å²) < 4.78 is 5.59. The Morgan fingerprint density at radius 1 is 1.28 bits per heavy atom. The molecule has 2 aliphatic rings. The maximum atomic E-state index is 13.1. The zero-order chi connectivity index (χ0) is 17.8. The van der Waals surface area contributed by atoms with Gasteiger partial charge in [-0.1, -0.05) is 12.1 Å². The first-order valence-electron chi connectivity index (χ1n) is 9.16. The number of benzene rings is 1. The molecule has 2 saturated heterocycles. The van der Waals surface area contributed by atoms with Crippen LogP contribution in [0, 0.1) is 0 Å². The number of ether oxygens (including phenoxy) is 1. The van der Waals surface area contributed by atoms with Gasteiger partial charge in [0.05, 0.1) is 12.2 Å². The van der Waals surface area contributed by atoms with Gasteiger partial charge in [0.2, 0.25) is 5.91 Å². The lowest BCUT2D eigenvalue weighted by Gasteiger charge is -2.35. The topological polar surface area (TPSA) is 61.9 Å². The Hall–Kier alpha value is -2.08. The van der Waals surface area contributed by atoms with Gasteiger partial charge in [-0.2, -0.15) is 0 Å². The molecule has 2 heterocycles. The van der Waals surface area contributed by atoms with E-state index in [-0.39, 0.29) is 17.9 Å². The van der Waals surface area contributed by atoms with Gasteiger partial charge in [-0.15, -0.1) is 0 Å². The van der Waals surface area contributed by atoms with Crippen LogP contribution in [0.3, 0.4) is 0 Å².